The van der Waals surface area contributed by atoms with Crippen molar-refractivity contribution in [1.29, 1.82) is 0 Å². The molecule has 0 saturated heterocycles. The molecule has 3 rings (SSSR count). The highest BCUT2D eigenvalue weighted by atomic mass is 35.5. The molecule has 0 atom stereocenters. The predicted octanol–water partition coefficient (Wildman–Crippen LogP) is 3.59. The van der Waals surface area contributed by atoms with Crippen LogP contribution in [0.1, 0.15) is 5.56 Å². The van der Waals surface area contributed by atoms with Crippen LogP contribution in [0.15, 0.2) is 71.8 Å². The van der Waals surface area contributed by atoms with Crippen LogP contribution in [0.3, 0.4) is 0 Å². The average molecular weight is 499 g/mol. The smallest absolute Gasteiger partial charge is 0.329 e. The number of carbonyl (C=O) groups is 3. The monoisotopic (exact) mass is 498 g/mol. The molecule has 0 aromatic heterocycles. The lowest BCUT2D eigenvalue weighted by Gasteiger charge is -2.08. The number of anilines is 2. The second kappa shape index (κ2) is 12.1. The Balaban J connectivity index is 1.48. The lowest BCUT2D eigenvalue weighted by atomic mass is 10.2. The van der Waals surface area contributed by atoms with E-state index in [1.165, 1.54) is 25.5 Å². The summed E-state index contributed by atoms with van der Waals surface area (Å²) < 4.78 is 23.7. The Morgan fingerprint density at radius 3 is 2.46 bits per heavy atom. The van der Waals surface area contributed by atoms with Crippen LogP contribution >= 0.6 is 11.6 Å². The molecule has 0 fully saturated rings. The molecule has 0 bridgehead atoms. The Bertz CT molecular complexity index is 1270. The predicted molar refractivity (Wildman–Crippen MR) is 129 cm³/mol. The van der Waals surface area contributed by atoms with E-state index in [0.29, 0.717) is 28.4 Å². The van der Waals surface area contributed by atoms with Crippen LogP contribution < -0.4 is 25.5 Å². The Morgan fingerprint density at radius 2 is 1.69 bits per heavy atom. The van der Waals surface area contributed by atoms with Gasteiger partial charge < -0.3 is 20.1 Å². The molecule has 0 heterocycles. The highest BCUT2D eigenvalue weighted by Crippen LogP contribution is 2.19. The van der Waals surface area contributed by atoms with Crippen LogP contribution in [0, 0.1) is 5.82 Å². The molecule has 180 valence electrons. The van der Waals surface area contributed by atoms with E-state index in [1.54, 1.807) is 48.5 Å². The van der Waals surface area contributed by atoms with Gasteiger partial charge in [-0.3, -0.25) is 14.4 Å². The Hall–Kier alpha value is -4.44. The third-order valence-electron chi connectivity index (χ3n) is 4.34. The summed E-state index contributed by atoms with van der Waals surface area (Å²) in [5.41, 5.74) is 3.40. The average Bonchev–Trinajstić information content (AvgIpc) is 2.85. The summed E-state index contributed by atoms with van der Waals surface area (Å²) in [7, 11) is 1.49. The molecule has 3 amide bonds. The van der Waals surface area contributed by atoms with E-state index < -0.39 is 23.5 Å². The number of hydrazone groups is 1. The summed E-state index contributed by atoms with van der Waals surface area (Å²) in [6.07, 6.45) is 1.31. The Labute approximate surface area is 204 Å². The fraction of sp³-hybridized carbons (Fsp3) is 0.0833. The minimum absolute atomic E-state index is 0.111. The van der Waals surface area contributed by atoms with Gasteiger partial charge in [0.25, 0.3) is 5.91 Å². The summed E-state index contributed by atoms with van der Waals surface area (Å²) in [4.78, 5) is 36.0. The van der Waals surface area contributed by atoms with Crippen molar-refractivity contribution in [2.75, 3.05) is 24.4 Å². The Morgan fingerprint density at radius 1 is 0.943 bits per heavy atom. The molecule has 3 aromatic carbocycles. The SMILES string of the molecule is COc1cccc(NC(=O)C(=O)N/N=C\c2cccc(OCC(=O)Nc3ccc(F)c(Cl)c3)c2)c1. The molecule has 0 radical (unpaired) electrons. The number of amides is 3. The maximum atomic E-state index is 13.2. The van der Waals surface area contributed by atoms with Crippen LogP contribution in [0.5, 0.6) is 11.5 Å². The van der Waals surface area contributed by atoms with Crippen molar-refractivity contribution in [3.63, 3.8) is 0 Å². The van der Waals surface area contributed by atoms with Crippen molar-refractivity contribution in [3.05, 3.63) is 83.1 Å². The fourth-order valence-corrected chi connectivity index (χ4v) is 2.89. The van der Waals surface area contributed by atoms with Gasteiger partial charge in [-0.1, -0.05) is 29.8 Å². The van der Waals surface area contributed by atoms with Crippen molar-refractivity contribution in [2.24, 2.45) is 5.10 Å². The number of nitrogens with one attached hydrogen (secondary N) is 3. The van der Waals surface area contributed by atoms with E-state index in [-0.39, 0.29) is 11.6 Å². The standard InChI is InChI=1S/C24H20ClFN4O5/c1-34-18-6-3-5-16(11-18)29-23(32)24(33)30-27-13-15-4-2-7-19(10-15)35-14-22(31)28-17-8-9-21(26)20(25)12-17/h2-13H,14H2,1H3,(H,28,31)(H,29,32)(H,30,33)/b27-13-. The molecule has 35 heavy (non-hydrogen) atoms. The normalized spacial score (nSPS) is 10.5. The minimum Gasteiger partial charge on any atom is -0.497 e. The molecular weight excluding hydrogens is 479 g/mol. The maximum Gasteiger partial charge on any atom is 0.329 e. The second-order valence-electron chi connectivity index (χ2n) is 6.92. The largest absolute Gasteiger partial charge is 0.497 e. The molecule has 0 unspecified atom stereocenters. The van der Waals surface area contributed by atoms with Crippen LogP contribution in [0.25, 0.3) is 0 Å². The minimum atomic E-state index is -0.964. The van der Waals surface area contributed by atoms with Crippen LogP contribution in [0.2, 0.25) is 5.02 Å². The summed E-state index contributed by atoms with van der Waals surface area (Å²) >= 11 is 5.69. The molecule has 0 spiro atoms. The van der Waals surface area contributed by atoms with Crippen molar-refractivity contribution in [3.8, 4) is 11.5 Å². The first-order valence-electron chi connectivity index (χ1n) is 10.1. The lowest BCUT2D eigenvalue weighted by molar-refractivity contribution is -0.136. The quantitative estimate of drug-likeness (QED) is 0.249. The zero-order valence-corrected chi connectivity index (χ0v) is 19.1. The first-order valence-corrected chi connectivity index (χ1v) is 10.5. The van der Waals surface area contributed by atoms with Crippen LogP contribution in [0.4, 0.5) is 15.8 Å². The highest BCUT2D eigenvalue weighted by Gasteiger charge is 2.13. The first kappa shape index (κ1) is 25.2. The summed E-state index contributed by atoms with van der Waals surface area (Å²) in [5, 5.41) is 8.62. The van der Waals surface area contributed by atoms with Gasteiger partial charge in [0.05, 0.1) is 18.3 Å². The van der Waals surface area contributed by atoms with E-state index >= 15 is 0 Å². The van der Waals surface area contributed by atoms with Gasteiger partial charge in [0, 0.05) is 17.4 Å². The molecule has 9 nitrogen and oxygen atoms in total. The summed E-state index contributed by atoms with van der Waals surface area (Å²) in [5.74, 6) is -2.03. The fourth-order valence-electron chi connectivity index (χ4n) is 2.71. The van der Waals surface area contributed by atoms with Gasteiger partial charge in [-0.05, 0) is 48.0 Å². The van der Waals surface area contributed by atoms with Crippen molar-refractivity contribution in [1.82, 2.24) is 5.43 Å². The number of benzene rings is 3. The maximum absolute atomic E-state index is 13.2. The number of rotatable bonds is 8. The second-order valence-corrected chi connectivity index (χ2v) is 7.33. The molecular formula is C24H20ClFN4O5. The van der Waals surface area contributed by atoms with E-state index in [2.05, 4.69) is 21.2 Å². The van der Waals surface area contributed by atoms with Crippen molar-refractivity contribution in [2.45, 2.75) is 0 Å². The molecule has 0 saturated carbocycles. The lowest BCUT2D eigenvalue weighted by Crippen LogP contribution is -2.32. The number of ether oxygens (including phenoxy) is 2. The highest BCUT2D eigenvalue weighted by molar-refractivity contribution is 6.39. The zero-order chi connectivity index (χ0) is 25.2. The summed E-state index contributed by atoms with van der Waals surface area (Å²) in [6.45, 7) is -0.309. The molecule has 3 aromatic rings. The van der Waals surface area contributed by atoms with E-state index in [9.17, 15) is 18.8 Å². The van der Waals surface area contributed by atoms with Gasteiger partial charge in [0.2, 0.25) is 0 Å². The van der Waals surface area contributed by atoms with E-state index in [1.807, 2.05) is 0 Å². The zero-order valence-electron chi connectivity index (χ0n) is 18.4. The van der Waals surface area contributed by atoms with Gasteiger partial charge >= 0.3 is 11.8 Å². The topological polar surface area (TPSA) is 118 Å². The number of carbonyl (C=O) groups excluding carboxylic acids is 3. The van der Waals surface area contributed by atoms with Gasteiger partial charge in [-0.2, -0.15) is 5.10 Å². The first-order chi connectivity index (χ1) is 16.8. The summed E-state index contributed by atoms with van der Waals surface area (Å²) in [6, 6.07) is 16.9. The van der Waals surface area contributed by atoms with Crippen molar-refractivity contribution < 1.29 is 28.2 Å². The van der Waals surface area contributed by atoms with Gasteiger partial charge in [-0.15, -0.1) is 0 Å². The van der Waals surface area contributed by atoms with Gasteiger partial charge in [0.1, 0.15) is 17.3 Å². The molecule has 0 aliphatic heterocycles. The van der Waals surface area contributed by atoms with Crippen LogP contribution in [-0.4, -0.2) is 37.7 Å². The van der Waals surface area contributed by atoms with Gasteiger partial charge in [-0.25, -0.2) is 9.82 Å². The molecule has 0 aliphatic rings. The van der Waals surface area contributed by atoms with Gasteiger partial charge in [0.15, 0.2) is 6.61 Å². The third kappa shape index (κ3) is 7.83. The van der Waals surface area contributed by atoms with Crippen molar-refractivity contribution >= 4 is 46.9 Å². The molecule has 0 aliphatic carbocycles. The Kier molecular flexibility index (Phi) is 8.74. The van der Waals surface area contributed by atoms with Crippen LogP contribution in [-0.2, 0) is 14.4 Å². The number of hydrogen-bond acceptors (Lipinski definition) is 6. The van der Waals surface area contributed by atoms with E-state index in [0.717, 1.165) is 6.07 Å². The third-order valence-corrected chi connectivity index (χ3v) is 4.63. The number of halogens is 2. The number of nitrogens with zero attached hydrogens (tertiary/aromatic N) is 1. The number of hydrogen-bond donors (Lipinski definition) is 3. The molecule has 11 heteroatoms. The van der Waals surface area contributed by atoms with E-state index in [4.69, 9.17) is 21.1 Å². The molecule has 3 N–H and O–H groups in total. The number of methoxy groups -OCH3 is 1.